The zero-order valence-electron chi connectivity index (χ0n) is 22.3. The molecular weight excluding hydrogens is 519 g/mol. The molecule has 8 nitrogen and oxygen atoms in total. The molecule has 3 aliphatic carbocycles. The van der Waals surface area contributed by atoms with Gasteiger partial charge in [0.05, 0.1) is 17.6 Å². The fourth-order valence-corrected chi connectivity index (χ4v) is 6.87. The van der Waals surface area contributed by atoms with Crippen LogP contribution >= 0.6 is 0 Å². The molecule has 2 saturated carbocycles. The third-order valence-corrected chi connectivity index (χ3v) is 8.74. The van der Waals surface area contributed by atoms with Gasteiger partial charge in [-0.05, 0) is 68.1 Å². The lowest BCUT2D eigenvalue weighted by atomic mass is 9.53. The van der Waals surface area contributed by atoms with Crippen molar-refractivity contribution in [3.63, 3.8) is 0 Å². The van der Waals surface area contributed by atoms with Gasteiger partial charge in [-0.1, -0.05) is 6.92 Å². The molecule has 4 rings (SSSR count). The van der Waals surface area contributed by atoms with Gasteiger partial charge in [0.2, 0.25) is 0 Å². The predicted octanol–water partition coefficient (Wildman–Crippen LogP) is 2.81. The monoisotopic (exact) mass is 553 g/mol. The molecule has 1 aromatic carbocycles. The molecule has 0 amide bonds. The lowest BCUT2D eigenvalue weighted by Crippen LogP contribution is -2.68. The van der Waals surface area contributed by atoms with E-state index in [1.165, 1.54) is 6.92 Å². The number of carbonyl (C=O) groups is 4. The van der Waals surface area contributed by atoms with Gasteiger partial charge in [-0.3, -0.25) is 19.2 Å². The van der Waals surface area contributed by atoms with Gasteiger partial charge in [0.1, 0.15) is 17.5 Å². The molecule has 0 spiro atoms. The number of carbonyl (C=O) groups excluding carboxylic acids is 4. The molecule has 0 radical (unpaired) electrons. The largest absolute Gasteiger partial charge is 0.507 e. The summed E-state index contributed by atoms with van der Waals surface area (Å²) in [5.74, 6) is -9.30. The number of hydrogen-bond donors (Lipinski definition) is 3. The summed E-state index contributed by atoms with van der Waals surface area (Å²) >= 11 is 0. The van der Waals surface area contributed by atoms with E-state index in [0.717, 1.165) is 6.92 Å². The summed E-state index contributed by atoms with van der Waals surface area (Å²) in [5.41, 5.74) is -1.39. The van der Waals surface area contributed by atoms with Gasteiger partial charge in [-0.25, -0.2) is 0 Å². The molecule has 39 heavy (non-hydrogen) atoms. The molecule has 0 bridgehead atoms. The number of fused-ring (bicyclic) bond motifs is 3. The number of phenols is 1. The normalized spacial score (nSPS) is 31.3. The maximum Gasteiger partial charge on any atom is 0.389 e. The fourth-order valence-electron chi connectivity index (χ4n) is 6.87. The average molecular weight is 554 g/mol. The Hall–Kier alpha value is -2.79. The van der Waals surface area contributed by atoms with E-state index in [1.807, 2.05) is 0 Å². The van der Waals surface area contributed by atoms with Crippen LogP contribution in [0.15, 0.2) is 6.07 Å². The van der Waals surface area contributed by atoms with Crippen molar-refractivity contribution < 1.29 is 47.7 Å². The smallest absolute Gasteiger partial charge is 0.389 e. The minimum absolute atomic E-state index is 0.0647. The number of nitrogens with zero attached hydrogens (tertiary/aromatic N) is 1. The number of aliphatic hydroxyl groups is 2. The minimum Gasteiger partial charge on any atom is -0.507 e. The van der Waals surface area contributed by atoms with Crippen LogP contribution in [0.25, 0.3) is 0 Å². The first-order chi connectivity index (χ1) is 18.0. The molecular formula is C28H34F3NO7. The molecule has 2 fully saturated rings. The van der Waals surface area contributed by atoms with Crippen molar-refractivity contribution in [1.82, 2.24) is 0 Å². The number of anilines is 1. The molecule has 1 aromatic rings. The predicted molar refractivity (Wildman–Crippen MR) is 133 cm³/mol. The molecule has 0 aromatic heterocycles. The molecule has 0 aliphatic heterocycles. The summed E-state index contributed by atoms with van der Waals surface area (Å²) in [4.78, 5) is 54.5. The second-order valence-corrected chi connectivity index (χ2v) is 11.7. The lowest BCUT2D eigenvalue weighted by Gasteiger charge is -2.50. The Bertz CT molecular complexity index is 1230. The molecule has 3 aliphatic rings. The highest BCUT2D eigenvalue weighted by Gasteiger charge is 2.65. The number of halogens is 3. The summed E-state index contributed by atoms with van der Waals surface area (Å²) in [6.07, 6.45) is -6.39. The van der Waals surface area contributed by atoms with Gasteiger partial charge < -0.3 is 20.2 Å². The van der Waals surface area contributed by atoms with Gasteiger partial charge in [-0.15, -0.1) is 0 Å². The fraction of sp³-hybridized carbons (Fsp3) is 0.643. The van der Waals surface area contributed by atoms with Crippen molar-refractivity contribution in [1.29, 1.82) is 0 Å². The number of rotatable bonds is 6. The zero-order chi connectivity index (χ0) is 29.2. The molecule has 4 unspecified atom stereocenters. The average Bonchev–Trinajstić information content (AvgIpc) is 2.79. The van der Waals surface area contributed by atoms with Crippen molar-refractivity contribution >= 4 is 28.8 Å². The van der Waals surface area contributed by atoms with Gasteiger partial charge >= 0.3 is 6.18 Å². The maximum absolute atomic E-state index is 13.9. The lowest BCUT2D eigenvalue weighted by molar-refractivity contribution is -0.180. The summed E-state index contributed by atoms with van der Waals surface area (Å²) in [7, 11) is 3.45. The van der Waals surface area contributed by atoms with Crippen LogP contribution in [0.3, 0.4) is 0 Å². The first-order valence-electron chi connectivity index (χ1n) is 13.1. The van der Waals surface area contributed by atoms with Gasteiger partial charge in [0.25, 0.3) is 0 Å². The third kappa shape index (κ3) is 4.88. The van der Waals surface area contributed by atoms with E-state index in [2.05, 4.69) is 0 Å². The number of phenolic OH excluding ortho intramolecular Hbond substituents is 1. The molecule has 11 heteroatoms. The summed E-state index contributed by atoms with van der Waals surface area (Å²) in [6, 6.07) is 1.65. The topological polar surface area (TPSA) is 132 Å². The summed E-state index contributed by atoms with van der Waals surface area (Å²) in [6.45, 7) is 2.54. The minimum atomic E-state index is -4.33. The molecule has 0 saturated heterocycles. The Labute approximate surface area is 224 Å². The Morgan fingerprint density at radius 1 is 1.18 bits per heavy atom. The summed E-state index contributed by atoms with van der Waals surface area (Å²) < 4.78 is 38.4. The van der Waals surface area contributed by atoms with E-state index in [1.54, 1.807) is 25.1 Å². The number of Topliss-reactive ketones (excluding diaryl/α,β-unsaturated/α-hetero) is 4. The highest BCUT2D eigenvalue weighted by molar-refractivity contribution is 6.25. The molecule has 7 atom stereocenters. The van der Waals surface area contributed by atoms with Crippen LogP contribution in [0.2, 0.25) is 0 Å². The standard InChI is InChI=1S/C28H34F3NO7/c1-12(11-27(29,30)31)5-6-14-9-18(32(3)4)17-8-15-7-16-10-19(34)20(13(2)33)25(37)28(16,39)26(38)21(15)24(36)22(17)23(14)35/h9,12,15-16,19-21,34-35,39H,5-8,10-11H2,1-4H3/t12?,15-,16+,19?,20?,21?,28-/m1/s1. The Morgan fingerprint density at radius 2 is 1.82 bits per heavy atom. The van der Waals surface area contributed by atoms with Crippen LogP contribution in [-0.2, 0) is 27.2 Å². The Balaban J connectivity index is 1.73. The number of ketones is 4. The van der Waals surface area contributed by atoms with Crippen molar-refractivity contribution in [3.8, 4) is 5.75 Å². The third-order valence-electron chi connectivity index (χ3n) is 8.74. The van der Waals surface area contributed by atoms with E-state index in [9.17, 15) is 47.7 Å². The first kappa shape index (κ1) is 29.2. The van der Waals surface area contributed by atoms with E-state index in [4.69, 9.17) is 0 Å². The molecule has 0 heterocycles. The highest BCUT2D eigenvalue weighted by Crippen LogP contribution is 2.52. The molecule has 3 N–H and O–H groups in total. The Kier molecular flexibility index (Phi) is 7.48. The van der Waals surface area contributed by atoms with Crippen LogP contribution in [0.4, 0.5) is 18.9 Å². The van der Waals surface area contributed by atoms with Crippen LogP contribution < -0.4 is 4.90 Å². The van der Waals surface area contributed by atoms with E-state index in [-0.39, 0.29) is 43.2 Å². The number of alkyl halides is 3. The van der Waals surface area contributed by atoms with Gasteiger partial charge in [-0.2, -0.15) is 13.2 Å². The number of hydrogen-bond acceptors (Lipinski definition) is 8. The number of aryl methyl sites for hydroxylation is 1. The molecule has 214 valence electrons. The Morgan fingerprint density at radius 3 is 2.38 bits per heavy atom. The van der Waals surface area contributed by atoms with Crippen LogP contribution in [0, 0.1) is 29.6 Å². The second kappa shape index (κ2) is 9.99. The number of aliphatic hydroxyl groups excluding tert-OH is 1. The van der Waals surface area contributed by atoms with E-state index < -0.39 is 82.8 Å². The zero-order valence-corrected chi connectivity index (χ0v) is 22.3. The van der Waals surface area contributed by atoms with Gasteiger partial charge in [0.15, 0.2) is 23.0 Å². The highest BCUT2D eigenvalue weighted by atomic mass is 19.4. The van der Waals surface area contributed by atoms with Crippen molar-refractivity contribution in [2.45, 2.75) is 70.3 Å². The van der Waals surface area contributed by atoms with Gasteiger partial charge in [0, 0.05) is 32.1 Å². The quantitative estimate of drug-likeness (QED) is 0.459. The van der Waals surface area contributed by atoms with Crippen molar-refractivity contribution in [2.75, 3.05) is 19.0 Å². The van der Waals surface area contributed by atoms with E-state index >= 15 is 0 Å². The first-order valence-corrected chi connectivity index (χ1v) is 13.1. The van der Waals surface area contributed by atoms with Crippen LogP contribution in [0.1, 0.15) is 61.0 Å². The van der Waals surface area contributed by atoms with Crippen molar-refractivity contribution in [2.24, 2.45) is 29.6 Å². The van der Waals surface area contributed by atoms with E-state index in [0.29, 0.717) is 11.3 Å². The maximum atomic E-state index is 13.9. The number of aromatic hydroxyl groups is 1. The van der Waals surface area contributed by atoms with Crippen LogP contribution in [0.5, 0.6) is 5.75 Å². The second-order valence-electron chi connectivity index (χ2n) is 11.7. The SMILES string of the molecule is CC(=O)C1C(=O)[C@@]2(O)C(=O)C3C(=O)c4c(O)c(CCC(C)CC(F)(F)F)cc(N(C)C)c4C[C@H]3C[C@H]2CC1O. The summed E-state index contributed by atoms with van der Waals surface area (Å²) in [5, 5.41) is 33.0. The van der Waals surface area contributed by atoms with Crippen molar-refractivity contribution in [3.05, 3.63) is 22.8 Å². The number of benzene rings is 1. The van der Waals surface area contributed by atoms with Crippen LogP contribution in [-0.4, -0.2) is 70.4 Å².